The fourth-order valence-electron chi connectivity index (χ4n) is 2.35. The third-order valence-corrected chi connectivity index (χ3v) is 4.95. The van der Waals surface area contributed by atoms with Crippen LogP contribution in [-0.4, -0.2) is 45.2 Å². The average Bonchev–Trinajstić information content (AvgIpc) is 3.16. The number of amides is 3. The lowest BCUT2D eigenvalue weighted by molar-refractivity contribution is -0.124. The van der Waals surface area contributed by atoms with Gasteiger partial charge in [-0.2, -0.15) is 0 Å². The fraction of sp³-hybridized carbons (Fsp3) is 0.267. The molecule has 1 fully saturated rings. The molecule has 0 unspecified atom stereocenters. The summed E-state index contributed by atoms with van der Waals surface area (Å²) in [5.74, 6) is -0.0632. The van der Waals surface area contributed by atoms with Gasteiger partial charge in [0.15, 0.2) is 5.16 Å². The number of nitrogens with one attached hydrogen (secondary N) is 1. The predicted molar refractivity (Wildman–Crippen MR) is 89.1 cm³/mol. The van der Waals surface area contributed by atoms with Crippen molar-refractivity contribution in [3.63, 3.8) is 0 Å². The Kier molecular flexibility index (Phi) is 4.58. The molecule has 1 N–H and O–H groups in total. The number of benzene rings is 1. The highest BCUT2D eigenvalue weighted by Crippen LogP contribution is 2.26. The van der Waals surface area contributed by atoms with Crippen molar-refractivity contribution in [2.24, 2.45) is 0 Å². The van der Waals surface area contributed by atoms with Gasteiger partial charge in [-0.3, -0.25) is 14.3 Å². The quantitative estimate of drug-likeness (QED) is 0.860. The normalized spacial score (nSPS) is 14.2. The number of urea groups is 1. The Balaban J connectivity index is 1.75. The van der Waals surface area contributed by atoms with E-state index < -0.39 is 0 Å². The summed E-state index contributed by atoms with van der Waals surface area (Å²) in [6.45, 7) is 2.86. The number of thioether (sulfide) groups is 1. The molecule has 1 saturated heterocycles. The number of imidazole rings is 1. The summed E-state index contributed by atoms with van der Waals surface area (Å²) in [7, 11) is 0. The molecule has 3 rings (SSSR count). The van der Waals surface area contributed by atoms with Gasteiger partial charge >= 0.3 is 6.03 Å². The van der Waals surface area contributed by atoms with E-state index in [0.717, 1.165) is 11.3 Å². The van der Waals surface area contributed by atoms with Gasteiger partial charge in [-0.15, -0.1) is 0 Å². The van der Waals surface area contributed by atoms with Crippen LogP contribution in [0.1, 0.15) is 5.56 Å². The van der Waals surface area contributed by atoms with Crippen LogP contribution in [-0.2, 0) is 4.79 Å². The minimum absolute atomic E-state index is 0.157. The maximum atomic E-state index is 12.1. The number of imide groups is 1. The Labute approximate surface area is 142 Å². The molecule has 0 spiro atoms. The molecule has 0 bridgehead atoms. The fourth-order valence-corrected chi connectivity index (χ4v) is 3.36. The second-order valence-corrected chi connectivity index (χ2v) is 6.38. The Morgan fingerprint density at radius 1 is 1.48 bits per heavy atom. The van der Waals surface area contributed by atoms with Gasteiger partial charge in [-0.25, -0.2) is 9.78 Å². The van der Waals surface area contributed by atoms with Gasteiger partial charge in [0.2, 0.25) is 5.91 Å². The number of aromatic nitrogens is 2. The zero-order valence-electron chi connectivity index (χ0n) is 12.5. The topological polar surface area (TPSA) is 67.2 Å². The van der Waals surface area contributed by atoms with Crippen molar-refractivity contribution in [2.45, 2.75) is 12.1 Å². The number of halogens is 1. The highest BCUT2D eigenvalue weighted by molar-refractivity contribution is 7.99. The summed E-state index contributed by atoms with van der Waals surface area (Å²) in [5, 5.41) is 3.98. The summed E-state index contributed by atoms with van der Waals surface area (Å²) in [4.78, 5) is 29.1. The Bertz CT molecular complexity index is 762. The predicted octanol–water partition coefficient (Wildman–Crippen LogP) is 2.48. The zero-order chi connectivity index (χ0) is 16.4. The van der Waals surface area contributed by atoms with E-state index in [1.165, 1.54) is 16.7 Å². The average molecular weight is 351 g/mol. The molecule has 3 amide bonds. The van der Waals surface area contributed by atoms with Crippen molar-refractivity contribution in [1.82, 2.24) is 19.8 Å². The molecular weight excluding hydrogens is 336 g/mol. The molecule has 0 atom stereocenters. The Morgan fingerprint density at radius 3 is 3.04 bits per heavy atom. The number of rotatable bonds is 4. The molecule has 1 aromatic carbocycles. The first kappa shape index (κ1) is 15.9. The molecule has 8 heteroatoms. The van der Waals surface area contributed by atoms with Crippen molar-refractivity contribution >= 4 is 35.3 Å². The third-order valence-electron chi connectivity index (χ3n) is 3.59. The summed E-state index contributed by atoms with van der Waals surface area (Å²) < 4.78 is 1.89. The molecule has 0 radical (unpaired) electrons. The molecule has 120 valence electrons. The molecule has 2 heterocycles. The first-order valence-corrected chi connectivity index (χ1v) is 8.44. The SMILES string of the molecule is Cc1c(Cl)cccc1-n1ccnc1SCC(=O)N1CCNC1=O. The van der Waals surface area contributed by atoms with E-state index in [9.17, 15) is 9.59 Å². The number of hydrogen-bond donors (Lipinski definition) is 1. The van der Waals surface area contributed by atoms with Crippen molar-refractivity contribution < 1.29 is 9.59 Å². The van der Waals surface area contributed by atoms with Crippen molar-refractivity contribution in [3.8, 4) is 5.69 Å². The molecular formula is C15H15ClN4O2S. The van der Waals surface area contributed by atoms with Crippen LogP contribution in [0.5, 0.6) is 0 Å². The largest absolute Gasteiger partial charge is 0.336 e. The Morgan fingerprint density at radius 2 is 2.30 bits per heavy atom. The first-order chi connectivity index (χ1) is 11.1. The maximum Gasteiger partial charge on any atom is 0.324 e. The monoisotopic (exact) mass is 350 g/mol. The number of carbonyl (C=O) groups excluding carboxylic acids is 2. The van der Waals surface area contributed by atoms with Crippen molar-refractivity contribution in [2.75, 3.05) is 18.8 Å². The number of nitrogens with zero attached hydrogens (tertiary/aromatic N) is 3. The molecule has 6 nitrogen and oxygen atoms in total. The molecule has 23 heavy (non-hydrogen) atoms. The van der Waals surface area contributed by atoms with E-state index in [4.69, 9.17) is 11.6 Å². The van der Waals surface area contributed by atoms with E-state index >= 15 is 0 Å². The number of carbonyl (C=O) groups is 2. The van der Waals surface area contributed by atoms with Crippen LogP contribution in [0.25, 0.3) is 5.69 Å². The van der Waals surface area contributed by atoms with Gasteiger partial charge in [0.25, 0.3) is 0 Å². The van der Waals surface area contributed by atoms with Crippen LogP contribution in [0.15, 0.2) is 35.7 Å². The molecule has 2 aromatic rings. The summed E-state index contributed by atoms with van der Waals surface area (Å²) in [5.41, 5.74) is 1.86. The van der Waals surface area contributed by atoms with E-state index in [-0.39, 0.29) is 17.7 Å². The van der Waals surface area contributed by atoms with Gasteiger partial charge in [0.05, 0.1) is 11.4 Å². The smallest absolute Gasteiger partial charge is 0.324 e. The maximum absolute atomic E-state index is 12.1. The standard InChI is InChI=1S/C15H15ClN4O2S/c1-10-11(16)3-2-4-12(10)19-7-6-18-15(19)23-9-13(21)20-8-5-17-14(20)22/h2-4,6-7H,5,8-9H2,1H3,(H,17,22). The lowest BCUT2D eigenvalue weighted by Crippen LogP contribution is -2.35. The Hall–Kier alpha value is -1.99. The van der Waals surface area contributed by atoms with Crippen molar-refractivity contribution in [3.05, 3.63) is 41.2 Å². The van der Waals surface area contributed by atoms with E-state index in [1.54, 1.807) is 6.20 Å². The molecule has 1 aliphatic rings. The van der Waals surface area contributed by atoms with Crippen LogP contribution in [0.4, 0.5) is 4.79 Å². The molecule has 0 saturated carbocycles. The van der Waals surface area contributed by atoms with Gasteiger partial charge in [0, 0.05) is 30.5 Å². The minimum Gasteiger partial charge on any atom is -0.336 e. The van der Waals surface area contributed by atoms with Crippen LogP contribution in [0.2, 0.25) is 5.02 Å². The highest BCUT2D eigenvalue weighted by atomic mass is 35.5. The second-order valence-electron chi connectivity index (χ2n) is 5.03. The van der Waals surface area contributed by atoms with Crippen LogP contribution in [0.3, 0.4) is 0 Å². The van der Waals surface area contributed by atoms with Crippen LogP contribution < -0.4 is 5.32 Å². The van der Waals surface area contributed by atoms with Crippen LogP contribution >= 0.6 is 23.4 Å². The van der Waals surface area contributed by atoms with E-state index in [1.807, 2.05) is 35.9 Å². The first-order valence-electron chi connectivity index (χ1n) is 7.08. The zero-order valence-corrected chi connectivity index (χ0v) is 14.0. The van der Waals surface area contributed by atoms with E-state index in [2.05, 4.69) is 10.3 Å². The molecule has 1 aromatic heterocycles. The minimum atomic E-state index is -0.329. The third kappa shape index (κ3) is 3.20. The molecule has 0 aliphatic carbocycles. The van der Waals surface area contributed by atoms with Gasteiger partial charge < -0.3 is 5.32 Å². The lowest BCUT2D eigenvalue weighted by Gasteiger charge is -2.13. The van der Waals surface area contributed by atoms with Crippen LogP contribution in [0, 0.1) is 6.92 Å². The van der Waals surface area contributed by atoms with Gasteiger partial charge in [-0.1, -0.05) is 29.4 Å². The number of hydrogen-bond acceptors (Lipinski definition) is 4. The van der Waals surface area contributed by atoms with Crippen molar-refractivity contribution in [1.29, 1.82) is 0 Å². The highest BCUT2D eigenvalue weighted by Gasteiger charge is 2.26. The van der Waals surface area contributed by atoms with E-state index in [0.29, 0.717) is 23.3 Å². The summed E-state index contributed by atoms with van der Waals surface area (Å²) in [6, 6.07) is 5.32. The lowest BCUT2D eigenvalue weighted by atomic mass is 10.2. The molecule has 1 aliphatic heterocycles. The summed E-state index contributed by atoms with van der Waals surface area (Å²) in [6.07, 6.45) is 3.50. The van der Waals surface area contributed by atoms with Gasteiger partial charge in [0.1, 0.15) is 0 Å². The van der Waals surface area contributed by atoms with Gasteiger partial charge in [-0.05, 0) is 24.6 Å². The second kappa shape index (κ2) is 6.64. The summed E-state index contributed by atoms with van der Waals surface area (Å²) >= 11 is 7.46.